The molecule has 0 bridgehead atoms. The molecule has 0 atom stereocenters. The molecule has 0 aromatic heterocycles. The van der Waals surface area contributed by atoms with Crippen molar-refractivity contribution in [3.05, 3.63) is 82.3 Å². The summed E-state index contributed by atoms with van der Waals surface area (Å²) in [6.07, 6.45) is 1.52. The number of hydrogen-bond acceptors (Lipinski definition) is 6. The van der Waals surface area contributed by atoms with E-state index in [0.29, 0.717) is 34.9 Å². The molecule has 0 fully saturated rings. The first-order valence-corrected chi connectivity index (χ1v) is 11.1. The summed E-state index contributed by atoms with van der Waals surface area (Å²) in [4.78, 5) is 12.0. The van der Waals surface area contributed by atoms with Crippen molar-refractivity contribution in [2.75, 3.05) is 20.3 Å². The molecule has 0 saturated carbocycles. The van der Waals surface area contributed by atoms with E-state index >= 15 is 0 Å². The van der Waals surface area contributed by atoms with Crippen LogP contribution in [-0.2, 0) is 11.4 Å². The van der Waals surface area contributed by atoms with E-state index in [4.69, 9.17) is 18.9 Å². The van der Waals surface area contributed by atoms with Crippen LogP contribution in [0.2, 0.25) is 0 Å². The Morgan fingerprint density at radius 2 is 1.70 bits per heavy atom. The zero-order valence-corrected chi connectivity index (χ0v) is 20.0. The first kappa shape index (κ1) is 24.1. The molecule has 0 saturated heterocycles. The summed E-state index contributed by atoms with van der Waals surface area (Å²) >= 11 is 3.52. The first-order chi connectivity index (χ1) is 16.1. The number of ether oxygens (including phenoxy) is 4. The summed E-state index contributed by atoms with van der Waals surface area (Å²) in [5.74, 6) is 2.07. The Labute approximate surface area is 201 Å². The quantitative estimate of drug-likeness (QED) is 0.290. The molecule has 0 aliphatic heterocycles. The van der Waals surface area contributed by atoms with Gasteiger partial charge in [0.25, 0.3) is 5.91 Å². The van der Waals surface area contributed by atoms with Crippen LogP contribution in [0.4, 0.5) is 0 Å². The van der Waals surface area contributed by atoms with E-state index in [1.807, 2.05) is 43.3 Å². The van der Waals surface area contributed by atoms with Crippen LogP contribution in [0.5, 0.6) is 23.0 Å². The van der Waals surface area contributed by atoms with Crippen molar-refractivity contribution < 1.29 is 23.7 Å². The molecule has 0 radical (unpaired) electrons. The highest BCUT2D eigenvalue weighted by atomic mass is 79.9. The fourth-order valence-corrected chi connectivity index (χ4v) is 3.42. The van der Waals surface area contributed by atoms with Crippen molar-refractivity contribution in [3.63, 3.8) is 0 Å². The van der Waals surface area contributed by atoms with Crippen molar-refractivity contribution in [1.29, 1.82) is 0 Å². The second kappa shape index (κ2) is 12.5. The smallest absolute Gasteiger partial charge is 0.277 e. The van der Waals surface area contributed by atoms with Gasteiger partial charge in [-0.15, -0.1) is 0 Å². The van der Waals surface area contributed by atoms with E-state index in [1.54, 1.807) is 37.4 Å². The Balaban J connectivity index is 1.53. The molecule has 1 N–H and O–H groups in total. The maximum Gasteiger partial charge on any atom is 0.277 e. The lowest BCUT2D eigenvalue weighted by Gasteiger charge is -2.13. The molecule has 1 amide bonds. The zero-order chi connectivity index (χ0) is 23.5. The minimum atomic E-state index is -0.381. The predicted octanol–water partition coefficient (Wildman–Crippen LogP) is 4.96. The van der Waals surface area contributed by atoms with Crippen LogP contribution < -0.4 is 24.4 Å². The minimum absolute atomic E-state index is 0.162. The Morgan fingerprint density at radius 1 is 1.00 bits per heavy atom. The van der Waals surface area contributed by atoms with Crippen LogP contribution in [0.1, 0.15) is 18.1 Å². The summed E-state index contributed by atoms with van der Waals surface area (Å²) in [6, 6.07) is 20.5. The lowest BCUT2D eigenvalue weighted by molar-refractivity contribution is -0.123. The van der Waals surface area contributed by atoms with Crippen molar-refractivity contribution in [1.82, 2.24) is 5.43 Å². The van der Waals surface area contributed by atoms with Crippen LogP contribution in [-0.4, -0.2) is 32.4 Å². The number of methoxy groups -OCH3 is 1. The number of amides is 1. The van der Waals surface area contributed by atoms with Gasteiger partial charge in [-0.1, -0.05) is 30.3 Å². The van der Waals surface area contributed by atoms with E-state index in [-0.39, 0.29) is 12.5 Å². The van der Waals surface area contributed by atoms with E-state index in [2.05, 4.69) is 26.5 Å². The molecule has 8 heteroatoms. The molecule has 0 aliphatic rings. The largest absolute Gasteiger partial charge is 0.494 e. The van der Waals surface area contributed by atoms with Crippen LogP contribution in [0, 0.1) is 0 Å². The number of nitrogens with one attached hydrogen (secondary N) is 1. The maximum atomic E-state index is 12.0. The predicted molar refractivity (Wildman–Crippen MR) is 130 cm³/mol. The molecular weight excluding hydrogens is 488 g/mol. The topological polar surface area (TPSA) is 78.4 Å². The fraction of sp³-hybridized carbons (Fsp3) is 0.200. The van der Waals surface area contributed by atoms with Gasteiger partial charge >= 0.3 is 0 Å². The molecule has 0 unspecified atom stereocenters. The monoisotopic (exact) mass is 512 g/mol. The molecule has 172 valence electrons. The molecule has 0 heterocycles. The average Bonchev–Trinajstić information content (AvgIpc) is 2.83. The highest BCUT2D eigenvalue weighted by Gasteiger charge is 2.12. The average molecular weight is 513 g/mol. The zero-order valence-electron chi connectivity index (χ0n) is 18.4. The standard InChI is InChI=1S/C25H25BrN2O5/c1-3-31-20-9-11-21(12-10-20)32-17-24(29)28-27-15-19-13-22(26)25(23(14-19)30-2)33-16-18-7-5-4-6-8-18/h4-15H,3,16-17H2,1-2H3,(H,28,29)/b27-15+. The van der Waals surface area contributed by atoms with Gasteiger partial charge in [0.05, 0.1) is 24.4 Å². The van der Waals surface area contributed by atoms with Crippen LogP contribution in [0.25, 0.3) is 0 Å². The van der Waals surface area contributed by atoms with Crippen molar-refractivity contribution in [3.8, 4) is 23.0 Å². The molecule has 33 heavy (non-hydrogen) atoms. The van der Waals surface area contributed by atoms with E-state index in [1.165, 1.54) is 6.21 Å². The number of hydrogen-bond donors (Lipinski definition) is 1. The summed E-state index contributed by atoms with van der Waals surface area (Å²) < 4.78 is 22.9. The van der Waals surface area contributed by atoms with Gasteiger partial charge in [-0.25, -0.2) is 5.43 Å². The highest BCUT2D eigenvalue weighted by molar-refractivity contribution is 9.10. The van der Waals surface area contributed by atoms with Crippen molar-refractivity contribution >= 4 is 28.1 Å². The van der Waals surface area contributed by atoms with Crippen LogP contribution in [0.15, 0.2) is 76.3 Å². The molecule has 3 aromatic carbocycles. The lowest BCUT2D eigenvalue weighted by atomic mass is 10.2. The summed E-state index contributed by atoms with van der Waals surface area (Å²) in [7, 11) is 1.57. The van der Waals surface area contributed by atoms with E-state index in [0.717, 1.165) is 16.9 Å². The molecule has 0 spiro atoms. The third-order valence-corrected chi connectivity index (χ3v) is 4.97. The number of rotatable bonds is 11. The lowest BCUT2D eigenvalue weighted by Crippen LogP contribution is -2.24. The summed E-state index contributed by atoms with van der Waals surface area (Å²) in [5.41, 5.74) is 4.21. The van der Waals surface area contributed by atoms with Gasteiger partial charge in [0, 0.05) is 0 Å². The first-order valence-electron chi connectivity index (χ1n) is 10.3. The van der Waals surface area contributed by atoms with Crippen molar-refractivity contribution in [2.45, 2.75) is 13.5 Å². The normalized spacial score (nSPS) is 10.6. The number of benzene rings is 3. The molecular formula is C25H25BrN2O5. The Bertz CT molecular complexity index is 1070. The third-order valence-electron chi connectivity index (χ3n) is 4.39. The van der Waals surface area contributed by atoms with Crippen LogP contribution >= 0.6 is 15.9 Å². The van der Waals surface area contributed by atoms with Gasteiger partial charge in [-0.2, -0.15) is 5.10 Å². The summed E-state index contributed by atoms with van der Waals surface area (Å²) in [6.45, 7) is 2.75. The van der Waals surface area contributed by atoms with E-state index < -0.39 is 0 Å². The number of carbonyl (C=O) groups excluding carboxylic acids is 1. The van der Waals surface area contributed by atoms with Gasteiger partial charge in [-0.3, -0.25) is 4.79 Å². The Kier molecular flexibility index (Phi) is 9.14. The number of carbonyl (C=O) groups is 1. The highest BCUT2D eigenvalue weighted by Crippen LogP contribution is 2.36. The number of halogens is 1. The number of nitrogens with zero attached hydrogens (tertiary/aromatic N) is 1. The molecule has 3 aromatic rings. The third kappa shape index (κ3) is 7.54. The van der Waals surface area contributed by atoms with Gasteiger partial charge < -0.3 is 18.9 Å². The second-order valence-electron chi connectivity index (χ2n) is 6.79. The molecule has 7 nitrogen and oxygen atoms in total. The summed E-state index contributed by atoms with van der Waals surface area (Å²) in [5, 5.41) is 3.99. The Morgan fingerprint density at radius 3 is 2.36 bits per heavy atom. The van der Waals surface area contributed by atoms with Gasteiger partial charge in [-0.05, 0) is 70.4 Å². The maximum absolute atomic E-state index is 12.0. The van der Waals surface area contributed by atoms with Gasteiger partial charge in [0.1, 0.15) is 18.1 Å². The van der Waals surface area contributed by atoms with Gasteiger partial charge in [0.2, 0.25) is 0 Å². The number of hydrazone groups is 1. The van der Waals surface area contributed by atoms with Gasteiger partial charge in [0.15, 0.2) is 18.1 Å². The van der Waals surface area contributed by atoms with Crippen molar-refractivity contribution in [2.24, 2.45) is 5.10 Å². The fourth-order valence-electron chi connectivity index (χ4n) is 2.84. The molecule has 3 rings (SSSR count). The second-order valence-corrected chi connectivity index (χ2v) is 7.65. The minimum Gasteiger partial charge on any atom is -0.494 e. The van der Waals surface area contributed by atoms with Crippen LogP contribution in [0.3, 0.4) is 0 Å². The SMILES string of the molecule is CCOc1ccc(OCC(=O)N/N=C/c2cc(Br)c(OCc3ccccc3)c(OC)c2)cc1. The Hall–Kier alpha value is -3.52. The van der Waals surface area contributed by atoms with E-state index in [9.17, 15) is 4.79 Å². The molecule has 0 aliphatic carbocycles.